The van der Waals surface area contributed by atoms with Gasteiger partial charge in [0.15, 0.2) is 0 Å². The van der Waals surface area contributed by atoms with Gasteiger partial charge < -0.3 is 4.90 Å². The van der Waals surface area contributed by atoms with Gasteiger partial charge in [-0.3, -0.25) is 0 Å². The lowest BCUT2D eigenvalue weighted by atomic mass is 10.2. The molecule has 0 aliphatic heterocycles. The lowest BCUT2D eigenvalue weighted by Crippen LogP contribution is -2.26. The molecule has 0 radical (unpaired) electrons. The summed E-state index contributed by atoms with van der Waals surface area (Å²) in [4.78, 5) is 2.61. The van der Waals surface area contributed by atoms with Crippen molar-refractivity contribution in [1.82, 2.24) is 4.90 Å². The third kappa shape index (κ3) is 7.84. The average molecular weight is 259 g/mol. The van der Waals surface area contributed by atoms with Crippen LogP contribution in [0.25, 0.3) is 6.08 Å². The summed E-state index contributed by atoms with van der Waals surface area (Å²) in [7, 11) is 0. The molecule has 1 aromatic rings. The molecule has 0 aliphatic carbocycles. The van der Waals surface area contributed by atoms with Crippen molar-refractivity contribution < 1.29 is 0 Å². The molecule has 0 N–H and O–H groups in total. The van der Waals surface area contributed by atoms with Gasteiger partial charge in [-0.05, 0) is 37.9 Å². The van der Waals surface area contributed by atoms with Crippen LogP contribution >= 0.6 is 0 Å². The van der Waals surface area contributed by atoms with E-state index in [-0.39, 0.29) is 0 Å². The van der Waals surface area contributed by atoms with Crippen LogP contribution in [0, 0.1) is 0 Å². The molecule has 0 amide bonds. The van der Waals surface area contributed by atoms with Crippen LogP contribution in [0.1, 0.15) is 51.5 Å². The molecule has 0 heterocycles. The first kappa shape index (κ1) is 16.0. The van der Waals surface area contributed by atoms with Crippen LogP contribution in [0.2, 0.25) is 0 Å². The van der Waals surface area contributed by atoms with Gasteiger partial charge >= 0.3 is 0 Å². The maximum atomic E-state index is 2.61. The average Bonchev–Trinajstić information content (AvgIpc) is 2.46. The highest BCUT2D eigenvalue weighted by Gasteiger charge is 2.01. The maximum Gasteiger partial charge on any atom is 0.00160 e. The van der Waals surface area contributed by atoms with Crippen molar-refractivity contribution in [3.8, 4) is 0 Å². The lowest BCUT2D eigenvalue weighted by Gasteiger charge is -2.21. The molecule has 1 heteroatoms. The Morgan fingerprint density at radius 1 is 0.895 bits per heavy atom. The predicted octanol–water partition coefficient (Wildman–Crippen LogP) is 4.99. The molecule has 0 saturated carbocycles. The third-order valence-corrected chi connectivity index (χ3v) is 3.38. The van der Waals surface area contributed by atoms with E-state index >= 15 is 0 Å². The summed E-state index contributed by atoms with van der Waals surface area (Å²) in [6.45, 7) is 8.26. The van der Waals surface area contributed by atoms with Gasteiger partial charge in [0.25, 0.3) is 0 Å². The predicted molar refractivity (Wildman–Crippen MR) is 86.3 cm³/mol. The summed E-state index contributed by atoms with van der Waals surface area (Å²) in [5.41, 5.74) is 1.30. The molecule has 0 aliphatic rings. The normalized spacial score (nSPS) is 11.5. The zero-order chi connectivity index (χ0) is 13.8. The van der Waals surface area contributed by atoms with E-state index in [0.717, 1.165) is 6.42 Å². The molecule has 0 fully saturated rings. The second kappa shape index (κ2) is 10.8. The summed E-state index contributed by atoms with van der Waals surface area (Å²) >= 11 is 0. The lowest BCUT2D eigenvalue weighted by molar-refractivity contribution is 0.270. The molecule has 0 unspecified atom stereocenters. The largest absolute Gasteiger partial charge is 0.303 e. The van der Waals surface area contributed by atoms with Crippen molar-refractivity contribution in [1.29, 1.82) is 0 Å². The Kier molecular flexibility index (Phi) is 9.09. The van der Waals surface area contributed by atoms with Crippen molar-refractivity contribution >= 4 is 6.08 Å². The molecule has 0 bridgehead atoms. The van der Waals surface area contributed by atoms with Crippen LogP contribution in [0.3, 0.4) is 0 Å². The van der Waals surface area contributed by atoms with E-state index < -0.39 is 0 Å². The zero-order valence-corrected chi connectivity index (χ0v) is 12.6. The minimum atomic E-state index is 1.16. The summed E-state index contributed by atoms with van der Waals surface area (Å²) < 4.78 is 0. The fraction of sp³-hybridized carbons (Fsp3) is 0.556. The van der Waals surface area contributed by atoms with Gasteiger partial charge in [0, 0.05) is 6.54 Å². The van der Waals surface area contributed by atoms with Crippen LogP contribution in [-0.4, -0.2) is 24.5 Å². The molecular weight excluding hydrogens is 230 g/mol. The standard InChI is InChI=1S/C18H29N/c1-3-5-15-19(16-6-4-2)17-11-10-14-18-12-8-7-9-13-18/h7-10,12-14H,3-6,11,15-17H2,1-2H3/b14-10+. The Morgan fingerprint density at radius 3 is 2.11 bits per heavy atom. The van der Waals surface area contributed by atoms with Crippen molar-refractivity contribution in [2.45, 2.75) is 46.0 Å². The fourth-order valence-corrected chi connectivity index (χ4v) is 2.14. The monoisotopic (exact) mass is 259 g/mol. The Morgan fingerprint density at radius 2 is 1.53 bits per heavy atom. The highest BCUT2D eigenvalue weighted by molar-refractivity contribution is 5.48. The van der Waals surface area contributed by atoms with Gasteiger partial charge in [0.05, 0.1) is 0 Å². The molecule has 1 rings (SSSR count). The van der Waals surface area contributed by atoms with Crippen LogP contribution in [0.15, 0.2) is 36.4 Å². The topological polar surface area (TPSA) is 3.24 Å². The zero-order valence-electron chi connectivity index (χ0n) is 12.6. The van der Waals surface area contributed by atoms with E-state index in [4.69, 9.17) is 0 Å². The van der Waals surface area contributed by atoms with Gasteiger partial charge in [-0.1, -0.05) is 69.2 Å². The number of nitrogens with zero attached hydrogens (tertiary/aromatic N) is 1. The SMILES string of the molecule is CCCCN(CC/C=C/c1ccccc1)CCCC. The minimum absolute atomic E-state index is 1.16. The molecule has 1 nitrogen and oxygen atoms in total. The first-order chi connectivity index (χ1) is 9.36. The van der Waals surface area contributed by atoms with Crippen LogP contribution in [0.5, 0.6) is 0 Å². The highest BCUT2D eigenvalue weighted by Crippen LogP contribution is 2.04. The van der Waals surface area contributed by atoms with E-state index in [2.05, 4.69) is 61.2 Å². The molecule has 19 heavy (non-hydrogen) atoms. The Labute approximate surface area is 119 Å². The van der Waals surface area contributed by atoms with Gasteiger partial charge in [-0.15, -0.1) is 0 Å². The fourth-order valence-electron chi connectivity index (χ4n) is 2.14. The highest BCUT2D eigenvalue weighted by atomic mass is 15.1. The molecule has 0 spiro atoms. The Hall–Kier alpha value is -1.08. The van der Waals surface area contributed by atoms with E-state index in [1.807, 2.05) is 0 Å². The number of unbranched alkanes of at least 4 members (excludes halogenated alkanes) is 2. The number of hydrogen-bond donors (Lipinski definition) is 0. The van der Waals surface area contributed by atoms with Crippen molar-refractivity contribution in [3.63, 3.8) is 0 Å². The van der Waals surface area contributed by atoms with Gasteiger partial charge in [-0.2, -0.15) is 0 Å². The second-order valence-electron chi connectivity index (χ2n) is 5.15. The quantitative estimate of drug-likeness (QED) is 0.572. The third-order valence-electron chi connectivity index (χ3n) is 3.38. The maximum absolute atomic E-state index is 2.61. The minimum Gasteiger partial charge on any atom is -0.303 e. The van der Waals surface area contributed by atoms with Crippen molar-refractivity contribution in [2.75, 3.05) is 19.6 Å². The number of hydrogen-bond acceptors (Lipinski definition) is 1. The summed E-state index contributed by atoms with van der Waals surface area (Å²) in [6, 6.07) is 10.6. The van der Waals surface area contributed by atoms with E-state index in [9.17, 15) is 0 Å². The van der Waals surface area contributed by atoms with Gasteiger partial charge in [-0.25, -0.2) is 0 Å². The molecule has 106 valence electrons. The van der Waals surface area contributed by atoms with Crippen molar-refractivity contribution in [3.05, 3.63) is 42.0 Å². The second-order valence-corrected chi connectivity index (χ2v) is 5.15. The Balaban J connectivity index is 2.28. The van der Waals surface area contributed by atoms with Crippen LogP contribution < -0.4 is 0 Å². The van der Waals surface area contributed by atoms with Gasteiger partial charge in [0.1, 0.15) is 0 Å². The number of rotatable bonds is 10. The molecule has 0 aromatic heterocycles. The van der Waals surface area contributed by atoms with Crippen LogP contribution in [0.4, 0.5) is 0 Å². The first-order valence-corrected chi connectivity index (χ1v) is 7.80. The van der Waals surface area contributed by atoms with E-state index in [0.29, 0.717) is 0 Å². The first-order valence-electron chi connectivity index (χ1n) is 7.80. The van der Waals surface area contributed by atoms with Gasteiger partial charge in [0.2, 0.25) is 0 Å². The van der Waals surface area contributed by atoms with E-state index in [1.165, 1.54) is 50.9 Å². The molecular formula is C18H29N. The molecule has 0 saturated heterocycles. The summed E-state index contributed by atoms with van der Waals surface area (Å²) in [5.74, 6) is 0. The Bertz CT molecular complexity index is 321. The molecule has 0 atom stereocenters. The number of benzene rings is 1. The smallest absolute Gasteiger partial charge is 0.00160 e. The van der Waals surface area contributed by atoms with Crippen LogP contribution in [-0.2, 0) is 0 Å². The summed E-state index contributed by atoms with van der Waals surface area (Å²) in [6.07, 6.45) is 10.9. The van der Waals surface area contributed by atoms with E-state index in [1.54, 1.807) is 0 Å². The molecule has 1 aromatic carbocycles. The summed E-state index contributed by atoms with van der Waals surface area (Å²) in [5, 5.41) is 0. The van der Waals surface area contributed by atoms with Crippen molar-refractivity contribution in [2.24, 2.45) is 0 Å².